The van der Waals surface area contributed by atoms with Gasteiger partial charge in [-0.05, 0) is 24.3 Å². The summed E-state index contributed by atoms with van der Waals surface area (Å²) in [7, 11) is 0. The highest BCUT2D eigenvalue weighted by Gasteiger charge is 2.25. The number of aromatic carboxylic acids is 1. The first kappa shape index (κ1) is 11.9. The standard InChI is InChI=1S/C13H18N2O2/c1-9-4-6-15(8-10(9)2)12-3-5-14-7-11(12)13(16)17/h3,5,7,9-10H,4,6,8H2,1-2H3,(H,16,17). The molecule has 2 atom stereocenters. The average molecular weight is 234 g/mol. The summed E-state index contributed by atoms with van der Waals surface area (Å²) < 4.78 is 0. The SMILES string of the molecule is CC1CCN(c2ccncc2C(=O)O)CC1C. The number of piperidine rings is 1. The molecule has 4 nitrogen and oxygen atoms in total. The monoisotopic (exact) mass is 234 g/mol. The van der Waals surface area contributed by atoms with Gasteiger partial charge in [-0.1, -0.05) is 13.8 Å². The Balaban J connectivity index is 2.25. The van der Waals surface area contributed by atoms with Gasteiger partial charge >= 0.3 is 5.97 Å². The first-order valence-corrected chi connectivity index (χ1v) is 6.02. The fraction of sp³-hybridized carbons (Fsp3) is 0.538. The Morgan fingerprint density at radius 3 is 2.88 bits per heavy atom. The van der Waals surface area contributed by atoms with Crippen molar-refractivity contribution in [3.05, 3.63) is 24.0 Å². The third-order valence-electron chi connectivity index (χ3n) is 3.70. The van der Waals surface area contributed by atoms with Crippen LogP contribution in [0.3, 0.4) is 0 Å². The van der Waals surface area contributed by atoms with Gasteiger partial charge in [0.15, 0.2) is 0 Å². The lowest BCUT2D eigenvalue weighted by Gasteiger charge is -2.37. The zero-order valence-electron chi connectivity index (χ0n) is 10.3. The van der Waals surface area contributed by atoms with E-state index in [0.717, 1.165) is 25.2 Å². The second-order valence-electron chi connectivity index (χ2n) is 4.89. The Morgan fingerprint density at radius 1 is 1.47 bits per heavy atom. The number of anilines is 1. The number of pyridine rings is 1. The van der Waals surface area contributed by atoms with E-state index in [0.29, 0.717) is 17.4 Å². The predicted molar refractivity (Wildman–Crippen MR) is 66.4 cm³/mol. The molecule has 1 aliphatic rings. The van der Waals surface area contributed by atoms with E-state index in [9.17, 15) is 4.79 Å². The van der Waals surface area contributed by atoms with E-state index in [1.807, 2.05) is 0 Å². The van der Waals surface area contributed by atoms with Gasteiger partial charge in [0.25, 0.3) is 0 Å². The van der Waals surface area contributed by atoms with Gasteiger partial charge in [-0.25, -0.2) is 4.79 Å². The van der Waals surface area contributed by atoms with Gasteiger partial charge in [-0.3, -0.25) is 4.98 Å². The van der Waals surface area contributed by atoms with Crippen LogP contribution in [0.1, 0.15) is 30.6 Å². The maximum atomic E-state index is 11.1. The van der Waals surface area contributed by atoms with E-state index in [1.54, 1.807) is 12.3 Å². The van der Waals surface area contributed by atoms with E-state index < -0.39 is 5.97 Å². The van der Waals surface area contributed by atoms with Crippen LogP contribution in [0, 0.1) is 11.8 Å². The molecule has 1 aromatic heterocycles. The Morgan fingerprint density at radius 2 is 2.24 bits per heavy atom. The number of aromatic nitrogens is 1. The van der Waals surface area contributed by atoms with Gasteiger partial charge in [0.1, 0.15) is 5.56 Å². The smallest absolute Gasteiger partial charge is 0.339 e. The van der Waals surface area contributed by atoms with Crippen LogP contribution in [0.5, 0.6) is 0 Å². The molecule has 0 radical (unpaired) electrons. The fourth-order valence-electron chi connectivity index (χ4n) is 2.31. The molecule has 1 fully saturated rings. The maximum Gasteiger partial charge on any atom is 0.339 e. The van der Waals surface area contributed by atoms with E-state index in [4.69, 9.17) is 5.11 Å². The molecule has 92 valence electrons. The van der Waals surface area contributed by atoms with E-state index in [2.05, 4.69) is 23.7 Å². The van der Waals surface area contributed by atoms with Crippen LogP contribution in [0.25, 0.3) is 0 Å². The Bertz CT molecular complexity index is 420. The van der Waals surface area contributed by atoms with Gasteiger partial charge in [0.2, 0.25) is 0 Å². The van der Waals surface area contributed by atoms with Crippen molar-refractivity contribution in [1.29, 1.82) is 0 Å². The summed E-state index contributed by atoms with van der Waals surface area (Å²) in [6.45, 7) is 6.33. The van der Waals surface area contributed by atoms with Gasteiger partial charge in [-0.15, -0.1) is 0 Å². The van der Waals surface area contributed by atoms with Gasteiger partial charge < -0.3 is 10.0 Å². The van der Waals surface area contributed by atoms with Crippen LogP contribution in [-0.4, -0.2) is 29.1 Å². The second-order valence-corrected chi connectivity index (χ2v) is 4.89. The molecule has 2 heterocycles. The zero-order valence-corrected chi connectivity index (χ0v) is 10.3. The number of carboxylic acids is 1. The molecule has 1 N–H and O–H groups in total. The largest absolute Gasteiger partial charge is 0.478 e. The molecule has 1 saturated heterocycles. The first-order chi connectivity index (χ1) is 8.09. The third-order valence-corrected chi connectivity index (χ3v) is 3.70. The molecule has 0 aromatic carbocycles. The summed E-state index contributed by atoms with van der Waals surface area (Å²) in [6, 6.07) is 1.80. The lowest BCUT2D eigenvalue weighted by Crippen LogP contribution is -2.39. The summed E-state index contributed by atoms with van der Waals surface area (Å²) in [5, 5.41) is 9.15. The van der Waals surface area contributed by atoms with Crippen molar-refractivity contribution in [1.82, 2.24) is 4.98 Å². The molecule has 0 saturated carbocycles. The highest BCUT2D eigenvalue weighted by Crippen LogP contribution is 2.28. The summed E-state index contributed by atoms with van der Waals surface area (Å²) in [5.74, 6) is 0.402. The summed E-state index contributed by atoms with van der Waals surface area (Å²) in [4.78, 5) is 17.2. The molecule has 0 amide bonds. The molecular weight excluding hydrogens is 216 g/mol. The second kappa shape index (κ2) is 4.73. The van der Waals surface area contributed by atoms with Crippen molar-refractivity contribution in [2.75, 3.05) is 18.0 Å². The number of rotatable bonds is 2. The molecule has 17 heavy (non-hydrogen) atoms. The van der Waals surface area contributed by atoms with Crippen molar-refractivity contribution in [2.24, 2.45) is 11.8 Å². The van der Waals surface area contributed by atoms with Gasteiger partial charge in [0.05, 0.1) is 5.69 Å². The zero-order chi connectivity index (χ0) is 12.4. The third kappa shape index (κ3) is 2.40. The van der Waals surface area contributed by atoms with Crippen LogP contribution in [0.4, 0.5) is 5.69 Å². The lowest BCUT2D eigenvalue weighted by atomic mass is 9.88. The molecule has 1 aromatic rings. The van der Waals surface area contributed by atoms with Crippen molar-refractivity contribution in [3.8, 4) is 0 Å². The summed E-state index contributed by atoms with van der Waals surface area (Å²) in [6.07, 6.45) is 4.20. The highest BCUT2D eigenvalue weighted by atomic mass is 16.4. The number of nitrogens with zero attached hydrogens (tertiary/aromatic N) is 2. The normalized spacial score (nSPS) is 24.7. The number of carboxylic acid groups (broad SMARTS) is 1. The van der Waals surface area contributed by atoms with E-state index >= 15 is 0 Å². The average Bonchev–Trinajstić information content (AvgIpc) is 2.32. The molecule has 0 aliphatic carbocycles. The van der Waals surface area contributed by atoms with Crippen LogP contribution >= 0.6 is 0 Å². The molecule has 2 rings (SSSR count). The topological polar surface area (TPSA) is 53.4 Å². The summed E-state index contributed by atoms with van der Waals surface area (Å²) in [5.41, 5.74) is 1.10. The van der Waals surface area contributed by atoms with Crippen molar-refractivity contribution >= 4 is 11.7 Å². The van der Waals surface area contributed by atoms with E-state index in [1.165, 1.54) is 6.20 Å². The number of hydrogen-bond acceptors (Lipinski definition) is 3. The molecule has 0 spiro atoms. The molecular formula is C13H18N2O2. The quantitative estimate of drug-likeness (QED) is 0.852. The van der Waals surface area contributed by atoms with Crippen molar-refractivity contribution in [3.63, 3.8) is 0 Å². The van der Waals surface area contributed by atoms with Crippen LogP contribution in [0.15, 0.2) is 18.5 Å². The van der Waals surface area contributed by atoms with Crippen LogP contribution in [0.2, 0.25) is 0 Å². The minimum atomic E-state index is -0.903. The van der Waals surface area contributed by atoms with E-state index in [-0.39, 0.29) is 0 Å². The maximum absolute atomic E-state index is 11.1. The molecule has 0 bridgehead atoms. The van der Waals surface area contributed by atoms with Gasteiger partial charge in [0, 0.05) is 25.5 Å². The fourth-order valence-corrected chi connectivity index (χ4v) is 2.31. The Kier molecular flexibility index (Phi) is 3.31. The Hall–Kier alpha value is -1.58. The van der Waals surface area contributed by atoms with Crippen molar-refractivity contribution < 1.29 is 9.90 Å². The first-order valence-electron chi connectivity index (χ1n) is 6.02. The van der Waals surface area contributed by atoms with Crippen LogP contribution < -0.4 is 4.90 Å². The van der Waals surface area contributed by atoms with Crippen LogP contribution in [-0.2, 0) is 0 Å². The molecule has 1 aliphatic heterocycles. The predicted octanol–water partition coefficient (Wildman–Crippen LogP) is 2.26. The minimum absolute atomic E-state index is 0.300. The lowest BCUT2D eigenvalue weighted by molar-refractivity contribution is 0.0697. The highest BCUT2D eigenvalue weighted by molar-refractivity contribution is 5.94. The van der Waals surface area contributed by atoms with Gasteiger partial charge in [-0.2, -0.15) is 0 Å². The molecule has 2 unspecified atom stereocenters. The number of hydrogen-bond donors (Lipinski definition) is 1. The molecule has 4 heteroatoms. The number of carbonyl (C=O) groups is 1. The Labute approximate surface area is 101 Å². The minimum Gasteiger partial charge on any atom is -0.478 e. The van der Waals surface area contributed by atoms with Crippen molar-refractivity contribution in [2.45, 2.75) is 20.3 Å². The summed E-state index contributed by atoms with van der Waals surface area (Å²) >= 11 is 0.